The minimum Gasteiger partial charge on any atom is -0.494 e. The van der Waals surface area contributed by atoms with Crippen LogP contribution in [0.3, 0.4) is 0 Å². The molecular formula is C13H15NOS2. The first-order valence-electron chi connectivity index (χ1n) is 5.55. The molecular weight excluding hydrogens is 250 g/mol. The van der Waals surface area contributed by atoms with Crippen LogP contribution >= 0.6 is 24.0 Å². The number of hydrogen-bond acceptors (Lipinski definition) is 4. The molecule has 0 bridgehead atoms. The number of hydrogen-bond donors (Lipinski definition) is 1. The smallest absolute Gasteiger partial charge is 0.123 e. The highest BCUT2D eigenvalue weighted by atomic mass is 32.1. The fourth-order valence-corrected chi connectivity index (χ4v) is 2.91. The van der Waals surface area contributed by atoms with Gasteiger partial charge in [-0.05, 0) is 38.1 Å². The van der Waals surface area contributed by atoms with Crippen molar-refractivity contribution in [2.45, 2.75) is 19.6 Å². The van der Waals surface area contributed by atoms with E-state index in [1.165, 1.54) is 4.88 Å². The van der Waals surface area contributed by atoms with Crippen molar-refractivity contribution in [3.8, 4) is 16.3 Å². The molecule has 2 rings (SSSR count). The second-order valence-corrected chi connectivity index (χ2v) is 5.04. The van der Waals surface area contributed by atoms with E-state index in [4.69, 9.17) is 4.74 Å². The third-order valence-electron chi connectivity index (χ3n) is 2.45. The Morgan fingerprint density at radius 1 is 1.29 bits per heavy atom. The van der Waals surface area contributed by atoms with Crippen molar-refractivity contribution < 1.29 is 4.74 Å². The zero-order valence-electron chi connectivity index (χ0n) is 9.93. The Bertz CT molecular complexity index is 491. The molecule has 4 heteroatoms. The average molecular weight is 265 g/mol. The molecule has 2 nitrogen and oxygen atoms in total. The third kappa shape index (κ3) is 2.82. The Morgan fingerprint density at radius 2 is 2.00 bits per heavy atom. The van der Waals surface area contributed by atoms with Crippen LogP contribution in [-0.4, -0.2) is 11.6 Å². The molecule has 0 aliphatic heterocycles. The second-order valence-electron chi connectivity index (χ2n) is 3.64. The van der Waals surface area contributed by atoms with E-state index in [1.54, 1.807) is 11.3 Å². The zero-order valence-corrected chi connectivity index (χ0v) is 11.6. The molecule has 0 aliphatic carbocycles. The first-order chi connectivity index (χ1) is 8.24. The van der Waals surface area contributed by atoms with E-state index in [9.17, 15) is 0 Å². The number of thiol groups is 1. The second kappa shape index (κ2) is 5.56. The van der Waals surface area contributed by atoms with Crippen LogP contribution in [0.25, 0.3) is 10.6 Å². The normalized spacial score (nSPS) is 10.5. The molecule has 17 heavy (non-hydrogen) atoms. The summed E-state index contributed by atoms with van der Waals surface area (Å²) in [5.41, 5.74) is 2.21. The van der Waals surface area contributed by atoms with E-state index in [-0.39, 0.29) is 0 Å². The Labute approximate surface area is 111 Å². The Balaban J connectivity index is 2.26. The number of thiazole rings is 1. The highest BCUT2D eigenvalue weighted by Crippen LogP contribution is 2.29. The van der Waals surface area contributed by atoms with Gasteiger partial charge in [0.1, 0.15) is 10.8 Å². The van der Waals surface area contributed by atoms with Crippen molar-refractivity contribution in [1.29, 1.82) is 0 Å². The van der Waals surface area contributed by atoms with E-state index in [0.717, 1.165) is 27.8 Å². The Morgan fingerprint density at radius 3 is 2.53 bits per heavy atom. The van der Waals surface area contributed by atoms with Gasteiger partial charge in [0.25, 0.3) is 0 Å². The predicted octanol–water partition coefficient (Wildman–Crippen LogP) is 3.95. The maximum Gasteiger partial charge on any atom is 0.123 e. The summed E-state index contributed by atoms with van der Waals surface area (Å²) < 4.78 is 5.42. The molecule has 0 atom stereocenters. The SMILES string of the molecule is CCOc1ccc(-c2nc(C)c(CS)s2)cc1. The van der Waals surface area contributed by atoms with Gasteiger partial charge in [-0.2, -0.15) is 12.6 Å². The molecule has 0 N–H and O–H groups in total. The van der Waals surface area contributed by atoms with Crippen LogP contribution in [0.5, 0.6) is 5.75 Å². The number of ether oxygens (including phenoxy) is 1. The van der Waals surface area contributed by atoms with Crippen LogP contribution in [0.15, 0.2) is 24.3 Å². The van der Waals surface area contributed by atoms with Gasteiger partial charge < -0.3 is 4.74 Å². The topological polar surface area (TPSA) is 22.1 Å². The number of aryl methyl sites for hydroxylation is 1. The summed E-state index contributed by atoms with van der Waals surface area (Å²) in [6.07, 6.45) is 0. The maximum atomic E-state index is 5.42. The lowest BCUT2D eigenvalue weighted by Gasteiger charge is -2.02. The van der Waals surface area contributed by atoms with Crippen LogP contribution < -0.4 is 4.74 Å². The molecule has 0 fully saturated rings. The van der Waals surface area contributed by atoms with Gasteiger partial charge in [-0.1, -0.05) is 0 Å². The predicted molar refractivity (Wildman–Crippen MR) is 76.1 cm³/mol. The molecule has 0 radical (unpaired) electrons. The molecule has 0 saturated carbocycles. The summed E-state index contributed by atoms with van der Waals surface area (Å²) in [6.45, 7) is 4.71. The summed E-state index contributed by atoms with van der Waals surface area (Å²) in [5, 5.41) is 1.05. The lowest BCUT2D eigenvalue weighted by Crippen LogP contribution is -1.90. The monoisotopic (exact) mass is 265 g/mol. The quantitative estimate of drug-likeness (QED) is 0.846. The first kappa shape index (κ1) is 12.5. The number of aromatic nitrogens is 1. The molecule has 2 aromatic rings. The van der Waals surface area contributed by atoms with Gasteiger partial charge in [0.05, 0.1) is 12.3 Å². The van der Waals surface area contributed by atoms with Gasteiger partial charge in [-0.25, -0.2) is 4.98 Å². The standard InChI is InChI=1S/C13H15NOS2/c1-3-15-11-6-4-10(5-7-11)13-14-9(2)12(8-16)17-13/h4-7,16H,3,8H2,1-2H3. The van der Waals surface area contributed by atoms with Crippen molar-refractivity contribution in [1.82, 2.24) is 4.98 Å². The molecule has 0 unspecified atom stereocenters. The van der Waals surface area contributed by atoms with Crippen LogP contribution in [0.2, 0.25) is 0 Å². The van der Waals surface area contributed by atoms with E-state index >= 15 is 0 Å². The number of rotatable bonds is 4. The maximum absolute atomic E-state index is 5.42. The fourth-order valence-electron chi connectivity index (χ4n) is 1.56. The van der Waals surface area contributed by atoms with Crippen molar-refractivity contribution in [3.05, 3.63) is 34.8 Å². The summed E-state index contributed by atoms with van der Waals surface area (Å²) in [7, 11) is 0. The van der Waals surface area contributed by atoms with Crippen molar-refractivity contribution in [2.24, 2.45) is 0 Å². The molecule has 1 aromatic heterocycles. The van der Waals surface area contributed by atoms with Crippen molar-refractivity contribution in [3.63, 3.8) is 0 Å². The van der Waals surface area contributed by atoms with E-state index in [2.05, 4.69) is 17.6 Å². The molecule has 1 heterocycles. The van der Waals surface area contributed by atoms with Gasteiger partial charge in [0.15, 0.2) is 0 Å². The van der Waals surface area contributed by atoms with Crippen molar-refractivity contribution in [2.75, 3.05) is 6.61 Å². The average Bonchev–Trinajstić information content (AvgIpc) is 2.72. The molecule has 0 aliphatic rings. The lowest BCUT2D eigenvalue weighted by atomic mass is 10.2. The van der Waals surface area contributed by atoms with E-state index in [1.807, 2.05) is 38.1 Å². The van der Waals surface area contributed by atoms with Crippen molar-refractivity contribution >= 4 is 24.0 Å². The molecule has 90 valence electrons. The fraction of sp³-hybridized carbons (Fsp3) is 0.308. The minimum absolute atomic E-state index is 0.694. The highest BCUT2D eigenvalue weighted by Gasteiger charge is 2.08. The first-order valence-corrected chi connectivity index (χ1v) is 7.00. The minimum atomic E-state index is 0.694. The van der Waals surface area contributed by atoms with Crippen LogP contribution in [-0.2, 0) is 5.75 Å². The third-order valence-corrected chi connectivity index (χ3v) is 4.19. The van der Waals surface area contributed by atoms with Crippen LogP contribution in [0.4, 0.5) is 0 Å². The molecule has 1 aromatic carbocycles. The largest absolute Gasteiger partial charge is 0.494 e. The number of nitrogens with zero attached hydrogens (tertiary/aromatic N) is 1. The Kier molecular flexibility index (Phi) is 4.07. The molecule has 0 amide bonds. The van der Waals surface area contributed by atoms with Gasteiger partial charge in [-0.15, -0.1) is 11.3 Å². The summed E-state index contributed by atoms with van der Waals surface area (Å²) in [4.78, 5) is 5.79. The summed E-state index contributed by atoms with van der Waals surface area (Å²) in [6, 6.07) is 8.06. The van der Waals surface area contributed by atoms with Crippen LogP contribution in [0.1, 0.15) is 17.5 Å². The highest BCUT2D eigenvalue weighted by molar-refractivity contribution is 7.79. The van der Waals surface area contributed by atoms with Gasteiger partial charge in [0.2, 0.25) is 0 Å². The molecule has 0 spiro atoms. The van der Waals surface area contributed by atoms with E-state index in [0.29, 0.717) is 6.61 Å². The zero-order chi connectivity index (χ0) is 12.3. The molecule has 0 saturated heterocycles. The van der Waals surface area contributed by atoms with Gasteiger partial charge in [0, 0.05) is 16.2 Å². The lowest BCUT2D eigenvalue weighted by molar-refractivity contribution is 0.340. The number of benzene rings is 1. The summed E-state index contributed by atoms with van der Waals surface area (Å²) >= 11 is 6.00. The van der Waals surface area contributed by atoms with Gasteiger partial charge >= 0.3 is 0 Å². The van der Waals surface area contributed by atoms with E-state index < -0.39 is 0 Å². The Hall–Kier alpha value is -1.00. The summed E-state index contributed by atoms with van der Waals surface area (Å²) in [5.74, 6) is 1.65. The van der Waals surface area contributed by atoms with Crippen LogP contribution in [0, 0.1) is 6.92 Å². The van der Waals surface area contributed by atoms with Gasteiger partial charge in [-0.3, -0.25) is 0 Å².